The summed E-state index contributed by atoms with van der Waals surface area (Å²) in [6, 6.07) is 33.7. The summed E-state index contributed by atoms with van der Waals surface area (Å²) < 4.78 is 43.3. The van der Waals surface area contributed by atoms with E-state index in [9.17, 15) is 13.0 Å². The van der Waals surface area contributed by atoms with Gasteiger partial charge in [0.1, 0.15) is 21.5 Å². The van der Waals surface area contributed by atoms with Crippen molar-refractivity contribution in [1.82, 2.24) is 0 Å². The zero-order valence-corrected chi connectivity index (χ0v) is 22.8. The van der Waals surface area contributed by atoms with E-state index in [0.29, 0.717) is 33.4 Å². The highest BCUT2D eigenvalue weighted by atomic mass is 32.2. The lowest BCUT2D eigenvalue weighted by Crippen LogP contribution is -2.70. The van der Waals surface area contributed by atoms with Crippen molar-refractivity contribution < 1.29 is 22.4 Å². The molecule has 0 amide bonds. The lowest BCUT2D eigenvalue weighted by molar-refractivity contribution is -0.403. The fourth-order valence-electron chi connectivity index (χ4n) is 4.96. The second kappa shape index (κ2) is 10.1. The first-order chi connectivity index (χ1) is 19.3. The van der Waals surface area contributed by atoms with Crippen LogP contribution in [0.1, 0.15) is 11.1 Å². The minimum Gasteiger partial charge on any atom is -0.744 e. The highest BCUT2D eigenvalue weighted by Crippen LogP contribution is 2.42. The summed E-state index contributed by atoms with van der Waals surface area (Å²) in [5, 5.41) is 4.95. The van der Waals surface area contributed by atoms with E-state index < -0.39 is 10.1 Å². The molecule has 4 aromatic carbocycles. The second-order valence-corrected chi connectivity index (χ2v) is 11.1. The van der Waals surface area contributed by atoms with Crippen LogP contribution in [0.15, 0.2) is 119 Å². The monoisotopic (exact) mass is 546 g/mol. The van der Waals surface area contributed by atoms with Gasteiger partial charge in [-0.1, -0.05) is 54.6 Å². The van der Waals surface area contributed by atoms with Gasteiger partial charge >= 0.3 is 0 Å². The molecule has 1 aliphatic carbocycles. The Hall–Kier alpha value is -4.72. The van der Waals surface area contributed by atoms with Crippen molar-refractivity contribution in [1.29, 1.82) is 0 Å². The minimum absolute atomic E-state index is 0.270. The molecular formula is C33H26N2O4S. The van der Waals surface area contributed by atoms with Crippen molar-refractivity contribution in [2.75, 3.05) is 5.32 Å². The van der Waals surface area contributed by atoms with Gasteiger partial charge in [0.15, 0.2) is 0 Å². The number of fused-ring (bicyclic) bond motifs is 2. The molecule has 0 spiro atoms. The van der Waals surface area contributed by atoms with Gasteiger partial charge in [-0.25, -0.2) is 13.4 Å². The van der Waals surface area contributed by atoms with Crippen LogP contribution in [0.5, 0.6) is 0 Å². The van der Waals surface area contributed by atoms with Gasteiger partial charge in [-0.05, 0) is 49.7 Å². The zero-order valence-electron chi connectivity index (χ0n) is 21.9. The number of benzene rings is 5. The number of hydrogen-bond acceptors (Lipinski definition) is 5. The number of anilines is 2. The predicted molar refractivity (Wildman–Crippen MR) is 156 cm³/mol. The van der Waals surface area contributed by atoms with Gasteiger partial charge in [0.25, 0.3) is 0 Å². The summed E-state index contributed by atoms with van der Waals surface area (Å²) >= 11 is 0. The number of nitrogens with one attached hydrogen (secondary N) is 2. The first-order valence-electron chi connectivity index (χ1n) is 12.8. The molecule has 1 heterocycles. The Morgan fingerprint density at radius 2 is 1.48 bits per heavy atom. The third-order valence-corrected chi connectivity index (χ3v) is 7.89. The minimum atomic E-state index is -4.73. The van der Waals surface area contributed by atoms with Gasteiger partial charge < -0.3 is 14.3 Å². The van der Waals surface area contributed by atoms with Crippen molar-refractivity contribution in [3.63, 3.8) is 0 Å². The summed E-state index contributed by atoms with van der Waals surface area (Å²) in [7, 11) is -4.73. The summed E-state index contributed by atoms with van der Waals surface area (Å²) in [6.45, 7) is 4.06. The Morgan fingerprint density at radius 3 is 2.25 bits per heavy atom. The van der Waals surface area contributed by atoms with Crippen LogP contribution in [0.4, 0.5) is 17.1 Å². The highest BCUT2D eigenvalue weighted by molar-refractivity contribution is 7.85. The molecule has 6 nitrogen and oxygen atoms in total. The molecule has 0 fully saturated rings. The SMILES string of the molecule is Cc1ccccc1Nc1ccc2c(-c3ccccc3S(=O)(=O)[O-])c3ccc(=[NH+]c4ccccc4C)cc-3oc2c1. The van der Waals surface area contributed by atoms with E-state index in [1.165, 1.54) is 6.07 Å². The molecule has 40 heavy (non-hydrogen) atoms. The Kier molecular flexibility index (Phi) is 6.46. The lowest BCUT2D eigenvalue weighted by Gasteiger charge is -2.19. The van der Waals surface area contributed by atoms with Crippen LogP contribution in [0.2, 0.25) is 0 Å². The van der Waals surface area contributed by atoms with E-state index in [-0.39, 0.29) is 4.90 Å². The molecule has 1 aliphatic heterocycles. The molecule has 0 bridgehead atoms. The molecule has 4 aromatic rings. The molecule has 0 atom stereocenters. The number of aryl methyl sites for hydroxylation is 2. The maximum Gasteiger partial charge on any atom is 0.207 e. The summed E-state index contributed by atoms with van der Waals surface area (Å²) in [5.41, 5.74) is 7.14. The molecule has 0 radical (unpaired) electrons. The van der Waals surface area contributed by atoms with Crippen molar-refractivity contribution in [2.45, 2.75) is 18.7 Å². The van der Waals surface area contributed by atoms with Gasteiger partial charge in [-0.15, -0.1) is 0 Å². The molecule has 0 unspecified atom stereocenters. The van der Waals surface area contributed by atoms with E-state index >= 15 is 0 Å². The largest absolute Gasteiger partial charge is 0.744 e. The number of rotatable bonds is 5. The van der Waals surface area contributed by atoms with Crippen LogP contribution in [-0.2, 0) is 10.1 Å². The quantitative estimate of drug-likeness (QED) is 0.211. The Labute approximate surface area is 232 Å². The normalized spacial score (nSPS) is 12.2. The van der Waals surface area contributed by atoms with E-state index in [2.05, 4.69) is 10.3 Å². The van der Waals surface area contributed by atoms with Crippen LogP contribution < -0.4 is 15.7 Å². The molecule has 7 heteroatoms. The van der Waals surface area contributed by atoms with Crippen LogP contribution in [0, 0.1) is 13.8 Å². The standard InChI is InChI=1S/C33H26N2O4S/c1-21-9-3-6-12-28(21)34-23-15-17-25-30(19-23)39-31-20-24(35-29-13-7-4-10-22(29)2)16-18-26(31)33(25)27-11-5-8-14-32(27)40(36,37)38/h3-20,34H,1-2H3,(H,36,37,38). The maximum absolute atomic E-state index is 12.3. The molecule has 2 aliphatic rings. The lowest BCUT2D eigenvalue weighted by atomic mass is 9.93. The van der Waals surface area contributed by atoms with Gasteiger partial charge in [0, 0.05) is 57.2 Å². The van der Waals surface area contributed by atoms with E-state index in [1.54, 1.807) is 18.2 Å². The third-order valence-electron chi connectivity index (χ3n) is 7.00. The van der Waals surface area contributed by atoms with Crippen LogP contribution >= 0.6 is 0 Å². The van der Waals surface area contributed by atoms with E-state index in [1.807, 2.05) is 98.8 Å². The van der Waals surface area contributed by atoms with Gasteiger partial charge in [0.05, 0.1) is 11.0 Å². The molecule has 0 saturated heterocycles. The van der Waals surface area contributed by atoms with Crippen LogP contribution in [0.25, 0.3) is 33.4 Å². The fraction of sp³-hybridized carbons (Fsp3) is 0.0606. The smallest absolute Gasteiger partial charge is 0.207 e. The van der Waals surface area contributed by atoms with Crippen molar-refractivity contribution in [2.24, 2.45) is 0 Å². The zero-order chi connectivity index (χ0) is 27.9. The fourth-order valence-corrected chi connectivity index (χ4v) is 5.65. The van der Waals surface area contributed by atoms with E-state index in [0.717, 1.165) is 33.5 Å². The topological polar surface area (TPSA) is 96.3 Å². The maximum atomic E-state index is 12.3. The Morgan fingerprint density at radius 1 is 0.750 bits per heavy atom. The summed E-state index contributed by atoms with van der Waals surface area (Å²) in [6.07, 6.45) is 0. The molecule has 0 saturated carbocycles. The summed E-state index contributed by atoms with van der Waals surface area (Å²) in [4.78, 5) is 3.17. The van der Waals surface area contributed by atoms with Gasteiger partial charge in [0.2, 0.25) is 11.0 Å². The summed E-state index contributed by atoms with van der Waals surface area (Å²) in [5.74, 6) is 0.548. The predicted octanol–water partition coefficient (Wildman–Crippen LogP) is 5.78. The van der Waals surface area contributed by atoms with Crippen molar-refractivity contribution in [3.8, 4) is 22.5 Å². The molecule has 6 rings (SSSR count). The first-order valence-corrected chi connectivity index (χ1v) is 14.2. The number of hydrogen-bond donors (Lipinski definition) is 2. The van der Waals surface area contributed by atoms with Crippen molar-refractivity contribution in [3.05, 3.63) is 126 Å². The molecular weight excluding hydrogens is 520 g/mol. The van der Waals surface area contributed by atoms with Crippen LogP contribution in [0.3, 0.4) is 0 Å². The average molecular weight is 547 g/mol. The average Bonchev–Trinajstić information content (AvgIpc) is 2.94. The van der Waals surface area contributed by atoms with E-state index in [4.69, 9.17) is 4.42 Å². The first kappa shape index (κ1) is 25.6. The highest BCUT2D eigenvalue weighted by Gasteiger charge is 2.22. The second-order valence-electron chi connectivity index (χ2n) is 9.73. The number of para-hydroxylation sites is 2. The molecule has 2 N–H and O–H groups in total. The van der Waals surface area contributed by atoms with Crippen molar-refractivity contribution >= 4 is 38.1 Å². The molecule has 198 valence electrons. The third kappa shape index (κ3) is 4.88. The Balaban J connectivity index is 1.63. The van der Waals surface area contributed by atoms with Gasteiger partial charge in [-0.2, -0.15) is 0 Å². The van der Waals surface area contributed by atoms with Gasteiger partial charge in [-0.3, -0.25) is 0 Å². The van der Waals surface area contributed by atoms with Crippen LogP contribution in [-0.4, -0.2) is 13.0 Å². The molecule has 0 aromatic heterocycles. The Bertz CT molecular complexity index is 2040.